The van der Waals surface area contributed by atoms with E-state index >= 15 is 0 Å². The number of carbonyl (C=O) groups is 1. The molecule has 0 aliphatic carbocycles. The van der Waals surface area contributed by atoms with Gasteiger partial charge in [-0.05, 0) is 28.1 Å². The summed E-state index contributed by atoms with van der Waals surface area (Å²) in [5, 5.41) is 8.42. The van der Waals surface area contributed by atoms with E-state index in [1.54, 1.807) is 0 Å². The summed E-state index contributed by atoms with van der Waals surface area (Å²) in [4.78, 5) is 10.4. The zero-order chi connectivity index (χ0) is 13.9. The van der Waals surface area contributed by atoms with Gasteiger partial charge in [0.15, 0.2) is 5.92 Å². The summed E-state index contributed by atoms with van der Waals surface area (Å²) in [7, 11) is 0. The average molecular weight is 331 g/mol. The normalized spacial score (nSPS) is 13.2. The second-order valence-electron chi connectivity index (χ2n) is 3.32. The third-order valence-electron chi connectivity index (χ3n) is 1.99. The highest BCUT2D eigenvalue weighted by molar-refractivity contribution is 9.10. The van der Waals surface area contributed by atoms with Crippen LogP contribution in [0.1, 0.15) is 0 Å². The van der Waals surface area contributed by atoms with E-state index in [9.17, 15) is 22.4 Å². The summed E-state index contributed by atoms with van der Waals surface area (Å²) in [6, 6.07) is 3.18. The molecular weight excluding hydrogens is 324 g/mol. The first-order valence-corrected chi connectivity index (χ1v) is 5.38. The van der Waals surface area contributed by atoms with Crippen molar-refractivity contribution in [2.75, 3.05) is 6.61 Å². The third-order valence-corrected chi connectivity index (χ3v) is 2.65. The minimum atomic E-state index is -4.92. The van der Waals surface area contributed by atoms with Gasteiger partial charge in [0.2, 0.25) is 0 Å². The van der Waals surface area contributed by atoms with Crippen molar-refractivity contribution in [2.24, 2.45) is 5.92 Å². The van der Waals surface area contributed by atoms with E-state index in [0.29, 0.717) is 0 Å². The molecule has 100 valence electrons. The number of benzene rings is 1. The molecule has 8 heteroatoms. The number of aliphatic carboxylic acids is 1. The summed E-state index contributed by atoms with van der Waals surface area (Å²) < 4.78 is 54.7. The van der Waals surface area contributed by atoms with Crippen LogP contribution >= 0.6 is 15.9 Å². The van der Waals surface area contributed by atoms with Gasteiger partial charge in [0.1, 0.15) is 18.2 Å². The molecule has 0 fully saturated rings. The molecule has 0 saturated carbocycles. The summed E-state index contributed by atoms with van der Waals surface area (Å²) in [6.07, 6.45) is -4.92. The number of carboxylic acids is 1. The Labute approximate surface area is 107 Å². The first-order chi connectivity index (χ1) is 8.21. The summed E-state index contributed by atoms with van der Waals surface area (Å²) in [6.45, 7) is -1.12. The van der Waals surface area contributed by atoms with E-state index < -0.39 is 30.5 Å². The van der Waals surface area contributed by atoms with Gasteiger partial charge in [-0.2, -0.15) is 13.2 Å². The topological polar surface area (TPSA) is 46.5 Å². The molecule has 3 nitrogen and oxygen atoms in total. The SMILES string of the molecule is O=C(O)C(COc1cc(F)ccc1Br)C(F)(F)F. The van der Waals surface area contributed by atoms with Crippen molar-refractivity contribution >= 4 is 21.9 Å². The van der Waals surface area contributed by atoms with E-state index in [0.717, 1.165) is 12.1 Å². The fourth-order valence-electron chi connectivity index (χ4n) is 1.07. The molecule has 0 aliphatic heterocycles. The highest BCUT2D eigenvalue weighted by Crippen LogP contribution is 2.30. The molecule has 0 heterocycles. The van der Waals surface area contributed by atoms with Gasteiger partial charge in [-0.1, -0.05) is 0 Å². The lowest BCUT2D eigenvalue weighted by molar-refractivity contribution is -0.198. The quantitative estimate of drug-likeness (QED) is 0.862. The van der Waals surface area contributed by atoms with Crippen LogP contribution in [0.25, 0.3) is 0 Å². The highest BCUT2D eigenvalue weighted by atomic mass is 79.9. The zero-order valence-corrected chi connectivity index (χ0v) is 10.3. The lowest BCUT2D eigenvalue weighted by Gasteiger charge is -2.17. The number of hydrogen-bond acceptors (Lipinski definition) is 2. The van der Waals surface area contributed by atoms with E-state index in [1.807, 2.05) is 0 Å². The van der Waals surface area contributed by atoms with Crippen LogP contribution in [0.2, 0.25) is 0 Å². The van der Waals surface area contributed by atoms with E-state index in [-0.39, 0.29) is 10.2 Å². The van der Waals surface area contributed by atoms with Crippen LogP contribution in [0, 0.1) is 11.7 Å². The first kappa shape index (κ1) is 14.7. The van der Waals surface area contributed by atoms with Crippen LogP contribution in [-0.4, -0.2) is 23.9 Å². The molecule has 0 amide bonds. The molecule has 0 bridgehead atoms. The molecule has 1 atom stereocenters. The first-order valence-electron chi connectivity index (χ1n) is 4.59. The van der Waals surface area contributed by atoms with Crippen LogP contribution in [0.5, 0.6) is 5.75 Å². The Bertz CT molecular complexity index is 447. The predicted molar refractivity (Wildman–Crippen MR) is 56.8 cm³/mol. The van der Waals surface area contributed by atoms with E-state index in [1.165, 1.54) is 6.07 Å². The molecule has 0 spiro atoms. The lowest BCUT2D eigenvalue weighted by Crippen LogP contribution is -2.35. The molecule has 18 heavy (non-hydrogen) atoms. The van der Waals surface area contributed by atoms with Crippen LogP contribution in [-0.2, 0) is 4.79 Å². The molecule has 1 N–H and O–H groups in total. The Kier molecular flexibility index (Phi) is 4.55. The third kappa shape index (κ3) is 3.86. The number of halogens is 5. The molecule has 0 radical (unpaired) electrons. The summed E-state index contributed by atoms with van der Waals surface area (Å²) in [5.74, 6) is -5.60. The second kappa shape index (κ2) is 5.55. The zero-order valence-electron chi connectivity index (χ0n) is 8.67. The minimum Gasteiger partial charge on any atom is -0.491 e. The fraction of sp³-hybridized carbons (Fsp3) is 0.300. The van der Waals surface area contributed by atoms with Gasteiger partial charge in [0.05, 0.1) is 4.47 Å². The van der Waals surface area contributed by atoms with Crippen molar-refractivity contribution in [1.82, 2.24) is 0 Å². The summed E-state index contributed by atoms with van der Waals surface area (Å²) in [5.41, 5.74) is 0. The van der Waals surface area contributed by atoms with Crippen LogP contribution < -0.4 is 4.74 Å². The molecular formula is C10H7BrF4O3. The number of rotatable bonds is 4. The number of hydrogen-bond donors (Lipinski definition) is 1. The maximum atomic E-state index is 12.8. The van der Waals surface area contributed by atoms with Crippen molar-refractivity contribution in [3.05, 3.63) is 28.5 Å². The van der Waals surface area contributed by atoms with Gasteiger partial charge < -0.3 is 9.84 Å². The molecule has 1 aromatic carbocycles. The van der Waals surface area contributed by atoms with Crippen molar-refractivity contribution < 1.29 is 32.2 Å². The average Bonchev–Trinajstić information content (AvgIpc) is 2.20. The standard InChI is InChI=1S/C10H7BrF4O3/c11-7-2-1-5(12)3-8(7)18-4-6(9(16)17)10(13,14)15/h1-3,6H,4H2,(H,16,17). The molecule has 0 aliphatic rings. The Balaban J connectivity index is 2.79. The highest BCUT2D eigenvalue weighted by Gasteiger charge is 2.45. The van der Waals surface area contributed by atoms with Crippen molar-refractivity contribution in [2.45, 2.75) is 6.18 Å². The van der Waals surface area contributed by atoms with Crippen molar-refractivity contribution in [1.29, 1.82) is 0 Å². The molecule has 0 aromatic heterocycles. The Hall–Kier alpha value is -1.31. The number of alkyl halides is 3. The maximum Gasteiger partial charge on any atom is 0.405 e. The molecule has 1 aromatic rings. The van der Waals surface area contributed by atoms with Crippen molar-refractivity contribution in [3.8, 4) is 5.75 Å². The number of ether oxygens (including phenoxy) is 1. The van der Waals surface area contributed by atoms with Gasteiger partial charge in [-0.25, -0.2) is 4.39 Å². The monoisotopic (exact) mass is 330 g/mol. The van der Waals surface area contributed by atoms with Crippen LogP contribution in [0.15, 0.2) is 22.7 Å². The summed E-state index contributed by atoms with van der Waals surface area (Å²) >= 11 is 2.95. The molecule has 1 rings (SSSR count). The second-order valence-corrected chi connectivity index (χ2v) is 4.17. The van der Waals surface area contributed by atoms with Gasteiger partial charge in [-0.15, -0.1) is 0 Å². The largest absolute Gasteiger partial charge is 0.491 e. The minimum absolute atomic E-state index is 0.189. The van der Waals surface area contributed by atoms with Gasteiger partial charge in [0, 0.05) is 6.07 Å². The van der Waals surface area contributed by atoms with Crippen LogP contribution in [0.4, 0.5) is 17.6 Å². The van der Waals surface area contributed by atoms with Crippen LogP contribution in [0.3, 0.4) is 0 Å². The van der Waals surface area contributed by atoms with Gasteiger partial charge in [0.25, 0.3) is 0 Å². The van der Waals surface area contributed by atoms with E-state index in [2.05, 4.69) is 20.7 Å². The fourth-order valence-corrected chi connectivity index (χ4v) is 1.43. The smallest absolute Gasteiger partial charge is 0.405 e. The van der Waals surface area contributed by atoms with Gasteiger partial charge in [-0.3, -0.25) is 4.79 Å². The number of carboxylic acid groups (broad SMARTS) is 1. The maximum absolute atomic E-state index is 12.8. The Morgan fingerprint density at radius 3 is 2.56 bits per heavy atom. The van der Waals surface area contributed by atoms with Gasteiger partial charge >= 0.3 is 12.1 Å². The Morgan fingerprint density at radius 2 is 2.06 bits per heavy atom. The predicted octanol–water partition coefficient (Wildman–Crippen LogP) is 3.23. The molecule has 1 unspecified atom stereocenters. The van der Waals surface area contributed by atoms with Crippen molar-refractivity contribution in [3.63, 3.8) is 0 Å². The molecule has 0 saturated heterocycles. The van der Waals surface area contributed by atoms with E-state index in [4.69, 9.17) is 5.11 Å². The Morgan fingerprint density at radius 1 is 1.44 bits per heavy atom. The lowest BCUT2D eigenvalue weighted by atomic mass is 10.1.